The van der Waals surface area contributed by atoms with Gasteiger partial charge in [0.2, 0.25) is 17.7 Å². The summed E-state index contributed by atoms with van der Waals surface area (Å²) in [7, 11) is 0. The highest BCUT2D eigenvalue weighted by atomic mass is 32.2. The summed E-state index contributed by atoms with van der Waals surface area (Å²) in [5, 5.41) is 9.20. The van der Waals surface area contributed by atoms with Crippen LogP contribution in [-0.4, -0.2) is 87.6 Å². The van der Waals surface area contributed by atoms with Crippen molar-refractivity contribution in [3.8, 4) is 5.75 Å². The van der Waals surface area contributed by atoms with Gasteiger partial charge >= 0.3 is 0 Å². The minimum absolute atomic E-state index is 0.00739. The first-order valence-corrected chi connectivity index (χ1v) is 16.4. The number of anilines is 1. The molecule has 0 aliphatic carbocycles. The number of hydrogen-bond acceptors (Lipinski definition) is 6. The quantitative estimate of drug-likeness (QED) is 0.284. The van der Waals surface area contributed by atoms with E-state index in [2.05, 4.69) is 32.1 Å². The van der Waals surface area contributed by atoms with Crippen LogP contribution < -0.4 is 9.64 Å². The molecule has 0 radical (unpaired) electrons. The van der Waals surface area contributed by atoms with E-state index in [-0.39, 0.29) is 24.3 Å². The van der Waals surface area contributed by atoms with Crippen LogP contribution in [0.25, 0.3) is 0 Å². The predicted molar refractivity (Wildman–Crippen MR) is 166 cm³/mol. The third kappa shape index (κ3) is 5.39. The van der Waals surface area contributed by atoms with Gasteiger partial charge in [-0.2, -0.15) is 0 Å². The highest BCUT2D eigenvalue weighted by Crippen LogP contribution is 2.65. The number of fused-ring (bicyclic) bond motifs is 2. The molecule has 5 atom stereocenters. The monoisotopic (exact) mass is 595 g/mol. The minimum Gasteiger partial charge on any atom is -0.494 e. The number of nitrogens with zero attached hydrogens (tertiary/aromatic N) is 3. The molecule has 5 rings (SSSR count). The Kier molecular flexibility index (Phi) is 9.38. The van der Waals surface area contributed by atoms with E-state index in [1.807, 2.05) is 42.2 Å². The fourth-order valence-electron chi connectivity index (χ4n) is 7.23. The Labute approximate surface area is 254 Å². The number of rotatable bonds is 12. The van der Waals surface area contributed by atoms with Crippen molar-refractivity contribution in [1.82, 2.24) is 9.80 Å². The molecule has 1 N–H and O–H groups in total. The van der Waals surface area contributed by atoms with E-state index in [1.165, 1.54) is 0 Å². The summed E-state index contributed by atoms with van der Waals surface area (Å²) in [4.78, 5) is 48.8. The second kappa shape index (κ2) is 12.8. The first kappa shape index (κ1) is 30.7. The zero-order valence-corrected chi connectivity index (χ0v) is 26.0. The smallest absolute Gasteiger partial charge is 0.247 e. The number of benzene rings is 1. The lowest BCUT2D eigenvalue weighted by molar-refractivity contribution is -0.142. The van der Waals surface area contributed by atoms with Gasteiger partial charge < -0.3 is 24.5 Å². The van der Waals surface area contributed by atoms with Crippen molar-refractivity contribution in [3.05, 3.63) is 48.6 Å². The first-order chi connectivity index (χ1) is 20.3. The molecule has 1 aromatic carbocycles. The van der Waals surface area contributed by atoms with Gasteiger partial charge in [0.25, 0.3) is 0 Å². The van der Waals surface area contributed by atoms with Gasteiger partial charge in [0, 0.05) is 43.2 Å². The Bertz CT molecular complexity index is 1220. The maximum absolute atomic E-state index is 14.5. The third-order valence-corrected chi connectivity index (χ3v) is 11.0. The lowest BCUT2D eigenvalue weighted by Crippen LogP contribution is -2.53. The number of thioether (sulfide) groups is 1. The summed E-state index contributed by atoms with van der Waals surface area (Å²) < 4.78 is 4.16. The Morgan fingerprint density at radius 3 is 2.33 bits per heavy atom. The number of aliphatic hydroxyl groups is 1. The number of hydrogen-bond donors (Lipinski definition) is 1. The Morgan fingerprint density at radius 1 is 0.881 bits per heavy atom. The lowest BCUT2D eigenvalue weighted by atomic mass is 9.74. The van der Waals surface area contributed by atoms with Crippen molar-refractivity contribution in [2.75, 3.05) is 44.3 Å². The van der Waals surface area contributed by atoms with Crippen molar-refractivity contribution < 1.29 is 24.2 Å². The average molecular weight is 596 g/mol. The molecule has 42 heavy (non-hydrogen) atoms. The number of carbonyl (C=O) groups excluding carboxylic acids is 3. The number of aliphatic hydroxyl groups excluding tert-OH is 1. The maximum Gasteiger partial charge on any atom is 0.247 e. The second-order valence-corrected chi connectivity index (χ2v) is 13.8. The molecule has 1 spiro atoms. The standard InChI is InChI=1S/C33H45N3O5S/c1-4-6-19-34-20-12-18-33-27(30(39)36(28(33)31(34)40)21-9-7-8-10-23-37)26-29(38)35(22-11-17-32(26,3)42-33)24-13-15-25(16-14-24)41-5-2/h11-18,26-28,37H,4-10,19-23H2,1-3H3/t26-,27+,28?,32+,33+/m1/s1. The molecule has 2 fully saturated rings. The molecule has 9 heteroatoms. The van der Waals surface area contributed by atoms with Gasteiger partial charge in [0.05, 0.1) is 23.2 Å². The van der Waals surface area contributed by atoms with Gasteiger partial charge in [-0.05, 0) is 57.4 Å². The summed E-state index contributed by atoms with van der Waals surface area (Å²) in [6, 6.07) is 6.90. The number of amides is 3. The molecule has 8 nitrogen and oxygen atoms in total. The minimum atomic E-state index is -0.818. The average Bonchev–Trinajstić information content (AvgIpc) is 3.24. The molecule has 1 aromatic rings. The molecule has 0 aromatic heterocycles. The normalized spacial score (nSPS) is 30.3. The molecule has 2 saturated heterocycles. The van der Waals surface area contributed by atoms with Crippen LogP contribution in [0.5, 0.6) is 5.75 Å². The fourth-order valence-corrected chi connectivity index (χ4v) is 9.38. The van der Waals surface area contributed by atoms with E-state index in [1.54, 1.807) is 21.6 Å². The van der Waals surface area contributed by atoms with Crippen LogP contribution in [-0.2, 0) is 14.4 Å². The van der Waals surface area contributed by atoms with Crippen molar-refractivity contribution in [1.29, 1.82) is 0 Å². The van der Waals surface area contributed by atoms with Crippen LogP contribution in [0.1, 0.15) is 59.3 Å². The molecule has 228 valence electrons. The summed E-state index contributed by atoms with van der Waals surface area (Å²) in [6.07, 6.45) is 13.4. The SMILES string of the molecule is CCCCN1CC=C[C@]23S[C@@]4(C)C=CCN(c5ccc(OCC)cc5)C(=O)[C@H]4[C@H]2C(=O)N(CCCCCCO)C3C1=O. The van der Waals surface area contributed by atoms with Crippen molar-refractivity contribution >= 4 is 35.2 Å². The van der Waals surface area contributed by atoms with Crippen molar-refractivity contribution in [2.45, 2.75) is 74.8 Å². The van der Waals surface area contributed by atoms with Crippen LogP contribution in [0.4, 0.5) is 5.69 Å². The first-order valence-electron chi connectivity index (χ1n) is 15.6. The highest BCUT2D eigenvalue weighted by Gasteiger charge is 2.73. The third-order valence-electron chi connectivity index (χ3n) is 9.19. The zero-order valence-electron chi connectivity index (χ0n) is 25.2. The molecule has 1 unspecified atom stereocenters. The largest absolute Gasteiger partial charge is 0.494 e. The van der Waals surface area contributed by atoms with E-state index in [4.69, 9.17) is 4.74 Å². The van der Waals surface area contributed by atoms with E-state index in [9.17, 15) is 19.5 Å². The molecular formula is C33H45N3O5S. The van der Waals surface area contributed by atoms with Crippen molar-refractivity contribution in [2.24, 2.45) is 11.8 Å². The topological polar surface area (TPSA) is 90.4 Å². The lowest BCUT2D eigenvalue weighted by Gasteiger charge is -2.37. The van der Waals surface area contributed by atoms with Crippen LogP contribution >= 0.6 is 11.8 Å². The Hall–Kier alpha value is -2.78. The molecule has 0 saturated carbocycles. The van der Waals surface area contributed by atoms with Crippen LogP contribution in [0.2, 0.25) is 0 Å². The second-order valence-electron chi connectivity index (χ2n) is 12.0. The maximum atomic E-state index is 14.5. The number of unbranched alkanes of at least 4 members (excludes halogenated alkanes) is 4. The zero-order chi connectivity index (χ0) is 29.9. The van der Waals surface area contributed by atoms with Crippen molar-refractivity contribution in [3.63, 3.8) is 0 Å². The van der Waals surface area contributed by atoms with Gasteiger partial charge in [-0.1, -0.05) is 50.5 Å². The number of ether oxygens (including phenoxy) is 1. The van der Waals surface area contributed by atoms with E-state index in [0.717, 1.165) is 50.0 Å². The summed E-state index contributed by atoms with van der Waals surface area (Å²) in [5.74, 6) is -0.673. The number of likely N-dealkylation sites (tertiary alicyclic amines) is 1. The van der Waals surface area contributed by atoms with Crippen LogP contribution in [0.3, 0.4) is 0 Å². The van der Waals surface area contributed by atoms with Gasteiger partial charge in [-0.25, -0.2) is 0 Å². The molecule has 4 aliphatic rings. The molecule has 4 aliphatic heterocycles. The Balaban J connectivity index is 1.52. The summed E-state index contributed by atoms with van der Waals surface area (Å²) >= 11 is 1.64. The fraction of sp³-hybridized carbons (Fsp3) is 0.606. The molecule has 0 bridgehead atoms. The highest BCUT2D eigenvalue weighted by molar-refractivity contribution is 8.02. The van der Waals surface area contributed by atoms with Gasteiger partial charge in [0.1, 0.15) is 11.8 Å². The Morgan fingerprint density at radius 2 is 1.62 bits per heavy atom. The van der Waals surface area contributed by atoms with Gasteiger partial charge in [-0.15, -0.1) is 11.8 Å². The van der Waals surface area contributed by atoms with E-state index in [0.29, 0.717) is 32.8 Å². The molecule has 4 heterocycles. The van der Waals surface area contributed by atoms with E-state index < -0.39 is 27.4 Å². The predicted octanol–water partition coefficient (Wildman–Crippen LogP) is 4.43. The van der Waals surface area contributed by atoms with Crippen LogP contribution in [0, 0.1) is 11.8 Å². The van der Waals surface area contributed by atoms with Gasteiger partial charge in [-0.3, -0.25) is 14.4 Å². The van der Waals surface area contributed by atoms with Gasteiger partial charge in [0.15, 0.2) is 0 Å². The summed E-state index contributed by atoms with van der Waals surface area (Å²) in [6.45, 7) is 8.91. The number of carbonyl (C=O) groups is 3. The van der Waals surface area contributed by atoms with E-state index >= 15 is 0 Å². The summed E-state index contributed by atoms with van der Waals surface area (Å²) in [5.41, 5.74) is 0.768. The van der Waals surface area contributed by atoms with Crippen LogP contribution in [0.15, 0.2) is 48.6 Å². The molecule has 3 amide bonds. The molecular weight excluding hydrogens is 550 g/mol.